The molecule has 0 aliphatic carbocycles. The predicted octanol–water partition coefficient (Wildman–Crippen LogP) is 3.65. The van der Waals surface area contributed by atoms with Gasteiger partial charge in [-0.3, -0.25) is 0 Å². The van der Waals surface area contributed by atoms with E-state index in [9.17, 15) is 0 Å². The topological polar surface area (TPSA) is 9.23 Å². The van der Waals surface area contributed by atoms with Crippen molar-refractivity contribution >= 4 is 0 Å². The fourth-order valence-corrected chi connectivity index (χ4v) is 0.907. The third kappa shape index (κ3) is 11.7. The summed E-state index contributed by atoms with van der Waals surface area (Å²) in [5, 5.41) is 0. The Balaban J connectivity index is 3.11. The van der Waals surface area contributed by atoms with Crippen LogP contribution in [0.2, 0.25) is 0 Å². The fraction of sp³-hybridized carbons (Fsp3) is 0.833. The molecular formula is C12H24O. The number of hydrogen-bond donors (Lipinski definition) is 0. The molecule has 0 heterocycles. The van der Waals surface area contributed by atoms with Crippen molar-refractivity contribution in [1.29, 1.82) is 0 Å². The molecule has 0 unspecified atom stereocenters. The molecule has 0 saturated heterocycles. The molecule has 0 fully saturated rings. The first-order valence-electron chi connectivity index (χ1n) is 5.35. The third-order valence-electron chi connectivity index (χ3n) is 1.83. The Kier molecular flexibility index (Phi) is 8.11. The summed E-state index contributed by atoms with van der Waals surface area (Å²) in [6, 6.07) is 0. The van der Waals surface area contributed by atoms with Gasteiger partial charge in [-0.1, -0.05) is 39.8 Å². The van der Waals surface area contributed by atoms with Crippen LogP contribution >= 0.6 is 0 Å². The highest BCUT2D eigenvalue weighted by atomic mass is 16.5. The van der Waals surface area contributed by atoms with Crippen LogP contribution in [-0.4, -0.2) is 13.2 Å². The molecule has 13 heavy (non-hydrogen) atoms. The predicted molar refractivity (Wildman–Crippen MR) is 58.9 cm³/mol. The van der Waals surface area contributed by atoms with Gasteiger partial charge in [-0.05, 0) is 24.7 Å². The number of hydrogen-bond acceptors (Lipinski definition) is 1. The van der Waals surface area contributed by atoms with Gasteiger partial charge in [0.15, 0.2) is 0 Å². The van der Waals surface area contributed by atoms with Crippen molar-refractivity contribution in [2.45, 2.75) is 40.5 Å². The SMILES string of the molecule is CC(C)C/C=C/COCCC(C)C. The molecule has 0 amide bonds. The zero-order valence-corrected chi connectivity index (χ0v) is 9.55. The molecule has 0 spiro atoms. The van der Waals surface area contributed by atoms with Gasteiger partial charge < -0.3 is 4.74 Å². The molecule has 0 aromatic rings. The van der Waals surface area contributed by atoms with E-state index < -0.39 is 0 Å². The normalized spacial score (nSPS) is 12.2. The van der Waals surface area contributed by atoms with E-state index in [0.717, 1.165) is 37.9 Å². The minimum absolute atomic E-state index is 0.750. The zero-order valence-electron chi connectivity index (χ0n) is 9.55. The standard InChI is InChI=1S/C12H24O/c1-11(2)7-5-6-9-13-10-8-12(3)4/h5-6,11-12H,7-10H2,1-4H3/b6-5+. The highest BCUT2D eigenvalue weighted by molar-refractivity contribution is 4.82. The van der Waals surface area contributed by atoms with Crippen LogP contribution in [0.15, 0.2) is 12.2 Å². The number of rotatable bonds is 7. The highest BCUT2D eigenvalue weighted by Gasteiger charge is 1.92. The summed E-state index contributed by atoms with van der Waals surface area (Å²) in [6.07, 6.45) is 6.66. The Morgan fingerprint density at radius 2 is 1.69 bits per heavy atom. The van der Waals surface area contributed by atoms with E-state index in [1.165, 1.54) is 0 Å². The Morgan fingerprint density at radius 3 is 2.23 bits per heavy atom. The minimum Gasteiger partial charge on any atom is -0.377 e. The summed E-state index contributed by atoms with van der Waals surface area (Å²) >= 11 is 0. The van der Waals surface area contributed by atoms with Gasteiger partial charge in [0.25, 0.3) is 0 Å². The van der Waals surface area contributed by atoms with E-state index >= 15 is 0 Å². The summed E-state index contributed by atoms with van der Waals surface area (Å²) < 4.78 is 5.44. The average molecular weight is 184 g/mol. The van der Waals surface area contributed by atoms with E-state index in [-0.39, 0.29) is 0 Å². The van der Waals surface area contributed by atoms with Crippen LogP contribution in [0.1, 0.15) is 40.5 Å². The molecule has 78 valence electrons. The Bertz CT molecular complexity index is 125. The number of allylic oxidation sites excluding steroid dienone is 1. The fourth-order valence-electron chi connectivity index (χ4n) is 0.907. The van der Waals surface area contributed by atoms with Crippen molar-refractivity contribution in [1.82, 2.24) is 0 Å². The summed E-state index contributed by atoms with van der Waals surface area (Å²) in [6.45, 7) is 10.6. The van der Waals surface area contributed by atoms with Gasteiger partial charge >= 0.3 is 0 Å². The maximum atomic E-state index is 5.44. The van der Waals surface area contributed by atoms with Crippen molar-refractivity contribution < 1.29 is 4.74 Å². The van der Waals surface area contributed by atoms with Gasteiger partial charge in [0.1, 0.15) is 0 Å². The maximum absolute atomic E-state index is 5.44. The first kappa shape index (κ1) is 12.7. The first-order valence-corrected chi connectivity index (χ1v) is 5.35. The van der Waals surface area contributed by atoms with E-state index in [1.54, 1.807) is 0 Å². The van der Waals surface area contributed by atoms with Crippen LogP contribution in [0.25, 0.3) is 0 Å². The summed E-state index contributed by atoms with van der Waals surface area (Å²) in [5.74, 6) is 1.51. The molecular weight excluding hydrogens is 160 g/mol. The molecule has 0 atom stereocenters. The van der Waals surface area contributed by atoms with E-state index in [4.69, 9.17) is 4.74 Å². The van der Waals surface area contributed by atoms with Gasteiger partial charge in [0.2, 0.25) is 0 Å². The van der Waals surface area contributed by atoms with Crippen LogP contribution < -0.4 is 0 Å². The molecule has 0 N–H and O–H groups in total. The summed E-state index contributed by atoms with van der Waals surface area (Å²) in [7, 11) is 0. The molecule has 1 heteroatoms. The van der Waals surface area contributed by atoms with Crippen LogP contribution in [-0.2, 0) is 4.74 Å². The monoisotopic (exact) mass is 184 g/mol. The molecule has 0 saturated carbocycles. The van der Waals surface area contributed by atoms with E-state index in [2.05, 4.69) is 39.8 Å². The molecule has 0 rings (SSSR count). The van der Waals surface area contributed by atoms with Crippen LogP contribution in [0, 0.1) is 11.8 Å². The Morgan fingerprint density at radius 1 is 1.00 bits per heavy atom. The molecule has 0 aliphatic rings. The lowest BCUT2D eigenvalue weighted by molar-refractivity contribution is 0.149. The first-order chi connectivity index (χ1) is 6.13. The van der Waals surface area contributed by atoms with Crippen LogP contribution in [0.3, 0.4) is 0 Å². The van der Waals surface area contributed by atoms with Gasteiger partial charge in [-0.2, -0.15) is 0 Å². The second-order valence-electron chi connectivity index (χ2n) is 4.36. The van der Waals surface area contributed by atoms with Gasteiger partial charge in [-0.25, -0.2) is 0 Å². The lowest BCUT2D eigenvalue weighted by atomic mass is 10.1. The lowest BCUT2D eigenvalue weighted by Crippen LogP contribution is -1.98. The van der Waals surface area contributed by atoms with Crippen LogP contribution in [0.5, 0.6) is 0 Å². The van der Waals surface area contributed by atoms with Crippen molar-refractivity contribution in [3.05, 3.63) is 12.2 Å². The second-order valence-corrected chi connectivity index (χ2v) is 4.36. The van der Waals surface area contributed by atoms with Gasteiger partial charge in [0, 0.05) is 6.61 Å². The number of ether oxygens (including phenoxy) is 1. The summed E-state index contributed by atoms with van der Waals surface area (Å²) in [4.78, 5) is 0. The quantitative estimate of drug-likeness (QED) is 0.433. The van der Waals surface area contributed by atoms with Crippen molar-refractivity contribution in [3.63, 3.8) is 0 Å². The van der Waals surface area contributed by atoms with Crippen molar-refractivity contribution in [3.8, 4) is 0 Å². The smallest absolute Gasteiger partial charge is 0.0647 e. The largest absolute Gasteiger partial charge is 0.377 e. The zero-order chi connectivity index (χ0) is 10.1. The molecule has 1 nitrogen and oxygen atoms in total. The van der Waals surface area contributed by atoms with Crippen molar-refractivity contribution in [2.75, 3.05) is 13.2 Å². The van der Waals surface area contributed by atoms with Crippen molar-refractivity contribution in [2.24, 2.45) is 11.8 Å². The Hall–Kier alpha value is -0.300. The third-order valence-corrected chi connectivity index (χ3v) is 1.83. The molecule has 0 radical (unpaired) electrons. The van der Waals surface area contributed by atoms with E-state index in [0.29, 0.717) is 0 Å². The minimum atomic E-state index is 0.750. The average Bonchev–Trinajstić information content (AvgIpc) is 2.01. The Labute approximate surface area is 83.2 Å². The highest BCUT2D eigenvalue weighted by Crippen LogP contribution is 2.00. The maximum Gasteiger partial charge on any atom is 0.0647 e. The molecule has 0 aliphatic heterocycles. The molecule has 0 aromatic heterocycles. The van der Waals surface area contributed by atoms with Gasteiger partial charge in [0.05, 0.1) is 6.61 Å². The van der Waals surface area contributed by atoms with E-state index in [1.807, 2.05) is 0 Å². The molecule has 0 bridgehead atoms. The summed E-state index contributed by atoms with van der Waals surface area (Å²) in [5.41, 5.74) is 0. The molecule has 0 aromatic carbocycles. The van der Waals surface area contributed by atoms with Crippen LogP contribution in [0.4, 0.5) is 0 Å². The van der Waals surface area contributed by atoms with Gasteiger partial charge in [-0.15, -0.1) is 0 Å². The second kappa shape index (κ2) is 8.31. The lowest BCUT2D eigenvalue weighted by Gasteiger charge is -2.03.